The average Bonchev–Trinajstić information content (AvgIpc) is 3.09. The monoisotopic (exact) mass is 392 g/mol. The average molecular weight is 393 g/mol. The summed E-state index contributed by atoms with van der Waals surface area (Å²) in [5.41, 5.74) is 1.77. The first-order valence-electron chi connectivity index (χ1n) is 8.71. The number of hydrogen-bond donors (Lipinski definition) is 1. The van der Waals surface area contributed by atoms with Gasteiger partial charge in [0.1, 0.15) is 5.01 Å². The fourth-order valence-corrected chi connectivity index (χ4v) is 4.19. The third kappa shape index (κ3) is 5.05. The second-order valence-corrected chi connectivity index (χ2v) is 7.90. The highest BCUT2D eigenvalue weighted by molar-refractivity contribution is 7.13. The third-order valence-corrected chi connectivity index (χ3v) is 5.81. The van der Waals surface area contributed by atoms with Crippen molar-refractivity contribution in [3.05, 3.63) is 40.4 Å². The summed E-state index contributed by atoms with van der Waals surface area (Å²) < 4.78 is 0. The van der Waals surface area contributed by atoms with E-state index >= 15 is 0 Å². The van der Waals surface area contributed by atoms with Gasteiger partial charge in [0.2, 0.25) is 5.91 Å². The zero-order valence-corrected chi connectivity index (χ0v) is 15.9. The summed E-state index contributed by atoms with van der Waals surface area (Å²) in [6, 6.07) is 7.50. The largest absolute Gasteiger partial charge is 0.481 e. The van der Waals surface area contributed by atoms with Crippen LogP contribution in [-0.4, -0.2) is 40.0 Å². The van der Waals surface area contributed by atoms with E-state index in [0.717, 1.165) is 35.7 Å². The SMILES string of the molecule is O=C(O)CCC1CCCN(C(=O)Cc2csc(-c3ccc(Cl)cc3)n2)C1. The first-order chi connectivity index (χ1) is 12.5. The Balaban J connectivity index is 1.57. The second-order valence-electron chi connectivity index (χ2n) is 6.61. The molecule has 2 heterocycles. The number of piperidine rings is 1. The van der Waals surface area contributed by atoms with E-state index in [9.17, 15) is 9.59 Å². The van der Waals surface area contributed by atoms with Crippen molar-refractivity contribution in [2.75, 3.05) is 13.1 Å². The van der Waals surface area contributed by atoms with Gasteiger partial charge in [-0.15, -0.1) is 11.3 Å². The summed E-state index contributed by atoms with van der Waals surface area (Å²) in [6.45, 7) is 1.40. The molecule has 1 amide bonds. The van der Waals surface area contributed by atoms with E-state index in [0.29, 0.717) is 18.0 Å². The maximum absolute atomic E-state index is 12.6. The normalized spacial score (nSPS) is 17.3. The summed E-state index contributed by atoms with van der Waals surface area (Å²) in [4.78, 5) is 29.8. The molecule has 0 radical (unpaired) electrons. The van der Waals surface area contributed by atoms with Gasteiger partial charge >= 0.3 is 5.97 Å². The summed E-state index contributed by atoms with van der Waals surface area (Å²) in [6.07, 6.45) is 3.02. The number of carbonyl (C=O) groups excluding carboxylic acids is 1. The molecule has 0 bridgehead atoms. The molecule has 1 aliphatic rings. The molecule has 1 fully saturated rings. The van der Waals surface area contributed by atoms with Gasteiger partial charge in [-0.3, -0.25) is 9.59 Å². The Morgan fingerprint density at radius 2 is 2.08 bits per heavy atom. The van der Waals surface area contributed by atoms with Gasteiger partial charge in [0, 0.05) is 35.5 Å². The zero-order chi connectivity index (χ0) is 18.5. The van der Waals surface area contributed by atoms with Gasteiger partial charge in [0.15, 0.2) is 0 Å². The highest BCUT2D eigenvalue weighted by Crippen LogP contribution is 2.26. The van der Waals surface area contributed by atoms with E-state index in [-0.39, 0.29) is 24.7 Å². The number of aromatic nitrogens is 1. The van der Waals surface area contributed by atoms with Gasteiger partial charge in [0.05, 0.1) is 12.1 Å². The van der Waals surface area contributed by atoms with Crippen LogP contribution in [0.1, 0.15) is 31.4 Å². The molecule has 1 N–H and O–H groups in total. The highest BCUT2D eigenvalue weighted by Gasteiger charge is 2.24. The molecule has 1 atom stereocenters. The van der Waals surface area contributed by atoms with E-state index < -0.39 is 5.97 Å². The molecule has 1 aromatic heterocycles. The van der Waals surface area contributed by atoms with Gasteiger partial charge < -0.3 is 10.0 Å². The smallest absolute Gasteiger partial charge is 0.303 e. The lowest BCUT2D eigenvalue weighted by molar-refractivity contribution is -0.137. The Morgan fingerprint density at radius 3 is 2.81 bits per heavy atom. The van der Waals surface area contributed by atoms with Gasteiger partial charge in [-0.2, -0.15) is 0 Å². The molecule has 1 aliphatic heterocycles. The van der Waals surface area contributed by atoms with Crippen molar-refractivity contribution in [1.82, 2.24) is 9.88 Å². The Hall–Kier alpha value is -1.92. The van der Waals surface area contributed by atoms with Crippen LogP contribution in [0.5, 0.6) is 0 Å². The molecule has 2 aromatic rings. The summed E-state index contributed by atoms with van der Waals surface area (Å²) in [5.74, 6) is -0.424. The minimum absolute atomic E-state index is 0.0676. The maximum Gasteiger partial charge on any atom is 0.303 e. The van der Waals surface area contributed by atoms with Crippen LogP contribution < -0.4 is 0 Å². The topological polar surface area (TPSA) is 70.5 Å². The quantitative estimate of drug-likeness (QED) is 0.803. The summed E-state index contributed by atoms with van der Waals surface area (Å²) >= 11 is 7.43. The van der Waals surface area contributed by atoms with Gasteiger partial charge in [0.25, 0.3) is 0 Å². The molecule has 0 spiro atoms. The Bertz CT molecular complexity index is 775. The molecule has 5 nitrogen and oxygen atoms in total. The maximum atomic E-state index is 12.6. The lowest BCUT2D eigenvalue weighted by Crippen LogP contribution is -2.40. The number of carboxylic acids is 1. The van der Waals surface area contributed by atoms with Crippen LogP contribution in [0.15, 0.2) is 29.6 Å². The van der Waals surface area contributed by atoms with Gasteiger partial charge in [-0.05, 0) is 37.3 Å². The lowest BCUT2D eigenvalue weighted by Gasteiger charge is -2.32. The van der Waals surface area contributed by atoms with Crippen molar-refractivity contribution in [3.8, 4) is 10.6 Å². The van der Waals surface area contributed by atoms with Crippen LogP contribution in [0, 0.1) is 5.92 Å². The molecule has 1 saturated heterocycles. The Kier molecular flexibility index (Phi) is 6.27. The first kappa shape index (κ1) is 18.9. The minimum atomic E-state index is -0.773. The molecule has 3 rings (SSSR count). The summed E-state index contributed by atoms with van der Waals surface area (Å²) in [7, 11) is 0. The van der Waals surface area contributed by atoms with Crippen molar-refractivity contribution >= 4 is 34.8 Å². The fraction of sp³-hybridized carbons (Fsp3) is 0.421. The molecule has 1 unspecified atom stereocenters. The fourth-order valence-electron chi connectivity index (χ4n) is 3.23. The van der Waals surface area contributed by atoms with Crippen LogP contribution >= 0.6 is 22.9 Å². The number of rotatable bonds is 6. The molecule has 0 saturated carbocycles. The molecule has 0 aliphatic carbocycles. The number of nitrogens with zero attached hydrogens (tertiary/aromatic N) is 2. The van der Waals surface area contributed by atoms with Crippen molar-refractivity contribution in [2.24, 2.45) is 5.92 Å². The Morgan fingerprint density at radius 1 is 1.31 bits per heavy atom. The van der Waals surface area contributed by atoms with Crippen LogP contribution in [-0.2, 0) is 16.0 Å². The predicted molar refractivity (Wildman–Crippen MR) is 102 cm³/mol. The molecule has 26 heavy (non-hydrogen) atoms. The van der Waals surface area contributed by atoms with E-state index in [2.05, 4.69) is 4.98 Å². The second kappa shape index (κ2) is 8.64. The molecule has 1 aromatic carbocycles. The van der Waals surface area contributed by atoms with Crippen LogP contribution in [0.2, 0.25) is 5.02 Å². The van der Waals surface area contributed by atoms with Crippen LogP contribution in [0.25, 0.3) is 10.6 Å². The predicted octanol–water partition coefficient (Wildman–Crippen LogP) is 4.11. The number of amides is 1. The first-order valence-corrected chi connectivity index (χ1v) is 9.97. The van der Waals surface area contributed by atoms with Crippen molar-refractivity contribution < 1.29 is 14.7 Å². The van der Waals surface area contributed by atoms with Crippen molar-refractivity contribution in [1.29, 1.82) is 0 Å². The van der Waals surface area contributed by atoms with Crippen LogP contribution in [0.4, 0.5) is 0 Å². The van der Waals surface area contributed by atoms with E-state index in [4.69, 9.17) is 16.7 Å². The van der Waals surface area contributed by atoms with E-state index in [1.165, 1.54) is 11.3 Å². The number of aliphatic carboxylic acids is 1. The van der Waals surface area contributed by atoms with Gasteiger partial charge in [-0.1, -0.05) is 23.7 Å². The molecular weight excluding hydrogens is 372 g/mol. The number of carboxylic acid groups (broad SMARTS) is 1. The zero-order valence-electron chi connectivity index (χ0n) is 14.4. The number of hydrogen-bond acceptors (Lipinski definition) is 4. The van der Waals surface area contributed by atoms with E-state index in [1.807, 2.05) is 34.5 Å². The highest BCUT2D eigenvalue weighted by atomic mass is 35.5. The van der Waals surface area contributed by atoms with E-state index in [1.54, 1.807) is 0 Å². The number of benzene rings is 1. The Labute approximate surface area is 161 Å². The molecular formula is C19H21ClN2O3S. The standard InChI is InChI=1S/C19H21ClN2O3S/c20-15-6-4-14(5-7-15)19-21-16(12-26-19)10-17(23)22-9-1-2-13(11-22)3-8-18(24)25/h4-7,12-13H,1-3,8-11H2,(H,24,25). The van der Waals surface area contributed by atoms with Gasteiger partial charge in [-0.25, -0.2) is 4.98 Å². The minimum Gasteiger partial charge on any atom is -0.481 e. The number of halogens is 1. The number of thiazole rings is 1. The van der Waals surface area contributed by atoms with Crippen molar-refractivity contribution in [2.45, 2.75) is 32.1 Å². The summed E-state index contributed by atoms with van der Waals surface area (Å²) in [5, 5.41) is 12.3. The molecule has 7 heteroatoms. The number of carbonyl (C=O) groups is 2. The van der Waals surface area contributed by atoms with Crippen molar-refractivity contribution in [3.63, 3.8) is 0 Å². The molecule has 138 valence electrons. The lowest BCUT2D eigenvalue weighted by atomic mass is 9.93. The third-order valence-electron chi connectivity index (χ3n) is 4.61. The van der Waals surface area contributed by atoms with Crippen LogP contribution in [0.3, 0.4) is 0 Å². The number of likely N-dealkylation sites (tertiary alicyclic amines) is 1.